The Morgan fingerprint density at radius 1 is 1.31 bits per heavy atom. The zero-order chi connectivity index (χ0) is 18.5. The van der Waals surface area contributed by atoms with Gasteiger partial charge in [-0.25, -0.2) is 4.98 Å². The molecule has 0 unspecified atom stereocenters. The zero-order valence-electron chi connectivity index (χ0n) is 14.6. The second-order valence-electron chi connectivity index (χ2n) is 5.66. The largest absolute Gasteiger partial charge is 0.495 e. The van der Waals surface area contributed by atoms with E-state index in [9.17, 15) is 4.79 Å². The molecule has 1 aromatic carbocycles. The fraction of sp³-hybridized carbons (Fsp3) is 0.412. The van der Waals surface area contributed by atoms with Gasteiger partial charge >= 0.3 is 0 Å². The average Bonchev–Trinajstić information content (AvgIpc) is 3.12. The van der Waals surface area contributed by atoms with Crippen molar-refractivity contribution < 1.29 is 19.0 Å². The molecule has 0 atom stereocenters. The number of amides is 1. The van der Waals surface area contributed by atoms with Gasteiger partial charge in [0.25, 0.3) is 5.91 Å². The van der Waals surface area contributed by atoms with E-state index in [1.165, 1.54) is 25.6 Å². The number of rotatable bonds is 6. The van der Waals surface area contributed by atoms with Crippen LogP contribution in [0.25, 0.3) is 0 Å². The number of nitrogens with one attached hydrogen (secondary N) is 1. The van der Waals surface area contributed by atoms with Crippen molar-refractivity contribution >= 4 is 34.5 Å². The molecule has 1 aliphatic heterocycles. The van der Waals surface area contributed by atoms with E-state index in [-0.39, 0.29) is 5.91 Å². The molecule has 2 heterocycles. The summed E-state index contributed by atoms with van der Waals surface area (Å²) in [6, 6.07) is 3.22. The van der Waals surface area contributed by atoms with Gasteiger partial charge in [-0.1, -0.05) is 11.6 Å². The summed E-state index contributed by atoms with van der Waals surface area (Å²) in [6.07, 6.45) is 0. The van der Waals surface area contributed by atoms with Crippen molar-refractivity contribution in [2.45, 2.75) is 6.54 Å². The van der Waals surface area contributed by atoms with Crippen molar-refractivity contribution in [1.82, 2.24) is 9.88 Å². The van der Waals surface area contributed by atoms with Crippen molar-refractivity contribution in [3.8, 4) is 11.5 Å². The molecule has 7 nitrogen and oxygen atoms in total. The Morgan fingerprint density at radius 2 is 2.04 bits per heavy atom. The van der Waals surface area contributed by atoms with E-state index in [4.69, 9.17) is 25.8 Å². The van der Waals surface area contributed by atoms with Crippen LogP contribution < -0.4 is 14.8 Å². The first-order chi connectivity index (χ1) is 12.6. The maximum Gasteiger partial charge on any atom is 0.275 e. The molecule has 2 aromatic rings. The summed E-state index contributed by atoms with van der Waals surface area (Å²) < 4.78 is 15.8. The predicted molar refractivity (Wildman–Crippen MR) is 101 cm³/mol. The van der Waals surface area contributed by atoms with Gasteiger partial charge in [-0.3, -0.25) is 9.69 Å². The average molecular weight is 398 g/mol. The summed E-state index contributed by atoms with van der Waals surface area (Å²) in [7, 11) is 3.02. The summed E-state index contributed by atoms with van der Waals surface area (Å²) in [6.45, 7) is 3.94. The highest BCUT2D eigenvalue weighted by molar-refractivity contribution is 7.09. The van der Waals surface area contributed by atoms with Gasteiger partial charge < -0.3 is 19.5 Å². The summed E-state index contributed by atoms with van der Waals surface area (Å²) in [5.41, 5.74) is 0.843. The Labute approximate surface area is 160 Å². The summed E-state index contributed by atoms with van der Waals surface area (Å²) >= 11 is 7.56. The second kappa shape index (κ2) is 8.68. The number of carbonyl (C=O) groups excluding carboxylic acids is 1. The van der Waals surface area contributed by atoms with Gasteiger partial charge in [-0.15, -0.1) is 11.3 Å². The van der Waals surface area contributed by atoms with E-state index < -0.39 is 0 Å². The Kier molecular flexibility index (Phi) is 6.31. The zero-order valence-corrected chi connectivity index (χ0v) is 16.2. The highest BCUT2D eigenvalue weighted by Gasteiger charge is 2.18. The number of anilines is 1. The van der Waals surface area contributed by atoms with Gasteiger partial charge in [0.1, 0.15) is 22.2 Å². The highest BCUT2D eigenvalue weighted by atomic mass is 35.5. The maximum atomic E-state index is 12.5. The SMILES string of the molecule is COc1cc(NC(=O)c2csc(CN3CCOCC3)n2)c(OC)cc1Cl. The minimum absolute atomic E-state index is 0.308. The van der Waals surface area contributed by atoms with E-state index >= 15 is 0 Å². The number of hydrogen-bond acceptors (Lipinski definition) is 7. The standard InChI is InChI=1S/C17H20ClN3O4S/c1-23-14-8-12(15(24-2)7-11(14)18)20-17(22)13-10-26-16(19-13)9-21-3-5-25-6-4-21/h7-8,10H,3-6,9H2,1-2H3,(H,20,22). The monoisotopic (exact) mass is 397 g/mol. The van der Waals surface area contributed by atoms with Crippen LogP contribution in [0.15, 0.2) is 17.5 Å². The molecule has 3 rings (SSSR count). The smallest absolute Gasteiger partial charge is 0.275 e. The number of methoxy groups -OCH3 is 2. The van der Waals surface area contributed by atoms with Crippen LogP contribution in [-0.2, 0) is 11.3 Å². The lowest BCUT2D eigenvalue weighted by Crippen LogP contribution is -2.35. The Bertz CT molecular complexity index is 777. The van der Waals surface area contributed by atoms with E-state index in [1.807, 2.05) is 0 Å². The lowest BCUT2D eigenvalue weighted by atomic mass is 10.2. The predicted octanol–water partition coefficient (Wildman–Crippen LogP) is 2.90. The lowest BCUT2D eigenvalue weighted by molar-refractivity contribution is 0.0341. The van der Waals surface area contributed by atoms with Crippen molar-refractivity contribution in [3.63, 3.8) is 0 Å². The molecule has 0 spiro atoms. The summed E-state index contributed by atoms with van der Waals surface area (Å²) in [4.78, 5) is 19.2. The van der Waals surface area contributed by atoms with Crippen molar-refractivity contribution in [1.29, 1.82) is 0 Å². The summed E-state index contributed by atoms with van der Waals surface area (Å²) in [5, 5.41) is 5.87. The molecule has 1 amide bonds. The van der Waals surface area contributed by atoms with Crippen LogP contribution in [-0.4, -0.2) is 56.3 Å². The van der Waals surface area contributed by atoms with Crippen LogP contribution in [0.3, 0.4) is 0 Å². The minimum atomic E-state index is -0.308. The van der Waals surface area contributed by atoms with E-state index in [0.717, 1.165) is 37.9 Å². The topological polar surface area (TPSA) is 72.9 Å². The molecular formula is C17H20ClN3O4S. The first-order valence-electron chi connectivity index (χ1n) is 8.08. The Balaban J connectivity index is 1.70. The number of halogens is 1. The first-order valence-corrected chi connectivity index (χ1v) is 9.34. The molecule has 1 N–H and O–H groups in total. The fourth-order valence-corrected chi connectivity index (χ4v) is 3.63. The van der Waals surface area contributed by atoms with Gasteiger partial charge in [0.05, 0.1) is 44.7 Å². The molecule has 0 aliphatic carbocycles. The van der Waals surface area contributed by atoms with Crippen LogP contribution >= 0.6 is 22.9 Å². The van der Waals surface area contributed by atoms with Crippen LogP contribution in [0, 0.1) is 0 Å². The molecule has 1 aromatic heterocycles. The van der Waals surface area contributed by atoms with Gasteiger partial charge in [-0.2, -0.15) is 0 Å². The van der Waals surface area contributed by atoms with Gasteiger partial charge in [0, 0.05) is 30.6 Å². The summed E-state index contributed by atoms with van der Waals surface area (Å²) in [5.74, 6) is 0.596. The van der Waals surface area contributed by atoms with E-state index in [0.29, 0.717) is 27.9 Å². The number of thiazole rings is 1. The van der Waals surface area contributed by atoms with Crippen molar-refractivity contribution in [2.75, 3.05) is 45.8 Å². The molecule has 26 heavy (non-hydrogen) atoms. The third-order valence-electron chi connectivity index (χ3n) is 3.97. The Hall–Kier alpha value is -1.87. The molecule has 140 valence electrons. The van der Waals surface area contributed by atoms with Crippen LogP contribution in [0.2, 0.25) is 5.02 Å². The van der Waals surface area contributed by atoms with Gasteiger partial charge in [0.15, 0.2) is 0 Å². The van der Waals surface area contributed by atoms with E-state index in [1.54, 1.807) is 17.5 Å². The van der Waals surface area contributed by atoms with Crippen LogP contribution in [0.4, 0.5) is 5.69 Å². The third kappa shape index (κ3) is 4.45. The highest BCUT2D eigenvalue weighted by Crippen LogP contribution is 2.36. The minimum Gasteiger partial charge on any atom is -0.495 e. The number of nitrogens with zero attached hydrogens (tertiary/aromatic N) is 2. The normalized spacial score (nSPS) is 14.9. The third-order valence-corrected chi connectivity index (χ3v) is 5.10. The molecule has 1 saturated heterocycles. The molecule has 0 radical (unpaired) electrons. The van der Waals surface area contributed by atoms with Crippen LogP contribution in [0.5, 0.6) is 11.5 Å². The van der Waals surface area contributed by atoms with Gasteiger partial charge in [0.2, 0.25) is 0 Å². The lowest BCUT2D eigenvalue weighted by Gasteiger charge is -2.25. The first kappa shape index (κ1) is 18.9. The number of ether oxygens (including phenoxy) is 3. The van der Waals surface area contributed by atoms with Crippen molar-refractivity contribution in [2.24, 2.45) is 0 Å². The molecule has 0 bridgehead atoms. The van der Waals surface area contributed by atoms with Gasteiger partial charge in [-0.05, 0) is 0 Å². The quantitative estimate of drug-likeness (QED) is 0.808. The Morgan fingerprint density at radius 3 is 2.73 bits per heavy atom. The maximum absolute atomic E-state index is 12.5. The molecule has 9 heteroatoms. The molecule has 0 saturated carbocycles. The number of aromatic nitrogens is 1. The molecule has 1 fully saturated rings. The van der Waals surface area contributed by atoms with Crippen molar-refractivity contribution in [3.05, 3.63) is 33.2 Å². The number of hydrogen-bond donors (Lipinski definition) is 1. The van der Waals surface area contributed by atoms with E-state index in [2.05, 4.69) is 15.2 Å². The number of morpholine rings is 1. The number of benzene rings is 1. The fourth-order valence-electron chi connectivity index (χ4n) is 2.58. The second-order valence-corrected chi connectivity index (χ2v) is 7.01. The molecule has 1 aliphatic rings. The number of carbonyl (C=O) groups is 1. The molecular weight excluding hydrogens is 378 g/mol. The van der Waals surface area contributed by atoms with Crippen LogP contribution in [0.1, 0.15) is 15.5 Å².